The Balaban J connectivity index is 2.40. The second-order valence-electron chi connectivity index (χ2n) is 2.17. The summed E-state index contributed by atoms with van der Waals surface area (Å²) in [5.41, 5.74) is 2.95. The predicted molar refractivity (Wildman–Crippen MR) is 47.4 cm³/mol. The van der Waals surface area contributed by atoms with Crippen LogP contribution in [0.3, 0.4) is 0 Å². The van der Waals surface area contributed by atoms with Gasteiger partial charge in [0.15, 0.2) is 0 Å². The molecule has 0 fully saturated rings. The van der Waals surface area contributed by atoms with Crippen LogP contribution in [0.5, 0.6) is 0 Å². The van der Waals surface area contributed by atoms with Gasteiger partial charge in [-0.25, -0.2) is 4.98 Å². The molecule has 0 aliphatic heterocycles. The molecular formula is C8H10N2S. The average molecular weight is 166 g/mol. The molecule has 0 saturated carbocycles. The number of hydrogen-bond donors (Lipinski definition) is 1. The molecule has 1 heterocycles. The van der Waals surface area contributed by atoms with E-state index in [1.54, 1.807) is 11.3 Å². The van der Waals surface area contributed by atoms with Crippen LogP contribution < -0.4 is 5.32 Å². The van der Waals surface area contributed by atoms with Gasteiger partial charge in [0.25, 0.3) is 0 Å². The number of nitrogens with zero attached hydrogens (tertiary/aromatic N) is 1. The molecule has 1 N–H and O–H groups in total. The molecule has 0 bridgehead atoms. The number of aromatic nitrogens is 1. The van der Waals surface area contributed by atoms with Gasteiger partial charge in [-0.3, -0.25) is 0 Å². The first-order chi connectivity index (χ1) is 5.34. The van der Waals surface area contributed by atoms with Gasteiger partial charge in [-0.2, -0.15) is 0 Å². The monoisotopic (exact) mass is 166 g/mol. The molecular weight excluding hydrogens is 156 g/mol. The van der Waals surface area contributed by atoms with Crippen LogP contribution in [0.25, 0.3) is 0 Å². The summed E-state index contributed by atoms with van der Waals surface area (Å²) in [7, 11) is 0. The maximum Gasteiger partial charge on any atom is 0.0798 e. The summed E-state index contributed by atoms with van der Waals surface area (Å²) in [6, 6.07) is 0. The summed E-state index contributed by atoms with van der Waals surface area (Å²) >= 11 is 1.66. The van der Waals surface area contributed by atoms with Crippen molar-refractivity contribution in [3.05, 3.63) is 16.1 Å². The highest BCUT2D eigenvalue weighted by atomic mass is 32.1. The first-order valence-electron chi connectivity index (χ1n) is 3.37. The van der Waals surface area contributed by atoms with E-state index in [2.05, 4.69) is 16.2 Å². The zero-order chi connectivity index (χ0) is 8.10. The maximum absolute atomic E-state index is 5.08. The molecule has 11 heavy (non-hydrogen) atoms. The summed E-state index contributed by atoms with van der Waals surface area (Å²) in [6.07, 6.45) is 5.08. The van der Waals surface area contributed by atoms with Crippen molar-refractivity contribution in [1.82, 2.24) is 10.3 Å². The van der Waals surface area contributed by atoms with Crippen LogP contribution in [-0.4, -0.2) is 11.5 Å². The third-order valence-electron chi connectivity index (χ3n) is 1.36. The van der Waals surface area contributed by atoms with Crippen molar-refractivity contribution < 1.29 is 0 Å². The molecule has 0 spiro atoms. The van der Waals surface area contributed by atoms with Crippen molar-refractivity contribution in [1.29, 1.82) is 0 Å². The lowest BCUT2D eigenvalue weighted by Crippen LogP contribution is -2.12. The number of nitrogens with one attached hydrogen (secondary N) is 1. The highest BCUT2D eigenvalue weighted by Gasteiger charge is 1.98. The van der Waals surface area contributed by atoms with E-state index in [4.69, 9.17) is 6.42 Å². The third-order valence-corrected chi connectivity index (χ3v) is 2.29. The van der Waals surface area contributed by atoms with E-state index in [-0.39, 0.29) is 0 Å². The van der Waals surface area contributed by atoms with Crippen molar-refractivity contribution in [3.8, 4) is 12.3 Å². The Kier molecular flexibility index (Phi) is 3.09. The number of terminal acetylenes is 1. The molecule has 1 aromatic rings. The van der Waals surface area contributed by atoms with Crippen molar-refractivity contribution in [2.45, 2.75) is 13.5 Å². The molecule has 1 rings (SSSR count). The second-order valence-corrected chi connectivity index (χ2v) is 3.11. The fourth-order valence-corrected chi connectivity index (χ4v) is 1.49. The molecule has 0 aliphatic carbocycles. The van der Waals surface area contributed by atoms with E-state index in [9.17, 15) is 0 Å². The zero-order valence-electron chi connectivity index (χ0n) is 6.42. The van der Waals surface area contributed by atoms with Gasteiger partial charge in [0.1, 0.15) is 0 Å². The molecule has 58 valence electrons. The molecule has 0 radical (unpaired) electrons. The summed E-state index contributed by atoms with van der Waals surface area (Å²) in [6.45, 7) is 3.46. The van der Waals surface area contributed by atoms with Crippen LogP contribution in [-0.2, 0) is 6.54 Å². The van der Waals surface area contributed by atoms with Gasteiger partial charge in [0, 0.05) is 11.4 Å². The average Bonchev–Trinajstić information content (AvgIpc) is 2.37. The van der Waals surface area contributed by atoms with Crippen molar-refractivity contribution in [2.24, 2.45) is 0 Å². The van der Waals surface area contributed by atoms with Gasteiger partial charge in [-0.1, -0.05) is 5.92 Å². The van der Waals surface area contributed by atoms with Gasteiger partial charge in [-0.15, -0.1) is 17.8 Å². The molecule has 3 heteroatoms. The molecule has 0 amide bonds. The van der Waals surface area contributed by atoms with Gasteiger partial charge in [0.05, 0.1) is 17.7 Å². The summed E-state index contributed by atoms with van der Waals surface area (Å²) in [5, 5.41) is 3.11. The van der Waals surface area contributed by atoms with Crippen LogP contribution in [0.1, 0.15) is 10.6 Å². The normalized spacial score (nSPS) is 9.45. The van der Waals surface area contributed by atoms with Crippen LogP contribution in [0.15, 0.2) is 5.51 Å². The third kappa shape index (κ3) is 2.34. The van der Waals surface area contributed by atoms with Crippen LogP contribution in [0.2, 0.25) is 0 Å². The van der Waals surface area contributed by atoms with E-state index < -0.39 is 0 Å². The number of hydrogen-bond acceptors (Lipinski definition) is 3. The van der Waals surface area contributed by atoms with Crippen molar-refractivity contribution in [3.63, 3.8) is 0 Å². The van der Waals surface area contributed by atoms with Gasteiger partial charge in [0.2, 0.25) is 0 Å². The molecule has 0 atom stereocenters. The number of thiazole rings is 1. The Hall–Kier alpha value is -0.850. The lowest BCUT2D eigenvalue weighted by molar-refractivity contribution is 0.775. The number of aryl methyl sites for hydroxylation is 1. The van der Waals surface area contributed by atoms with E-state index in [0.717, 1.165) is 12.2 Å². The Morgan fingerprint density at radius 1 is 1.82 bits per heavy atom. The molecule has 0 aromatic carbocycles. The maximum atomic E-state index is 5.08. The zero-order valence-corrected chi connectivity index (χ0v) is 7.24. The Morgan fingerprint density at radius 3 is 3.18 bits per heavy atom. The minimum atomic E-state index is 0.622. The van der Waals surface area contributed by atoms with Crippen LogP contribution in [0.4, 0.5) is 0 Å². The first-order valence-corrected chi connectivity index (χ1v) is 4.25. The smallest absolute Gasteiger partial charge is 0.0798 e. The van der Waals surface area contributed by atoms with Gasteiger partial charge >= 0.3 is 0 Å². The topological polar surface area (TPSA) is 24.9 Å². The van der Waals surface area contributed by atoms with E-state index >= 15 is 0 Å². The molecule has 2 nitrogen and oxygen atoms in total. The molecule has 0 unspecified atom stereocenters. The fraction of sp³-hybridized carbons (Fsp3) is 0.375. The Morgan fingerprint density at radius 2 is 2.64 bits per heavy atom. The minimum Gasteiger partial charge on any atom is -0.301 e. The summed E-state index contributed by atoms with van der Waals surface area (Å²) < 4.78 is 0. The molecule has 0 saturated heterocycles. The lowest BCUT2D eigenvalue weighted by atomic mass is 10.4. The highest BCUT2D eigenvalue weighted by molar-refractivity contribution is 7.09. The molecule has 1 aromatic heterocycles. The lowest BCUT2D eigenvalue weighted by Gasteiger charge is -1.96. The van der Waals surface area contributed by atoms with Crippen LogP contribution >= 0.6 is 11.3 Å². The summed E-state index contributed by atoms with van der Waals surface area (Å²) in [5.74, 6) is 2.52. The largest absolute Gasteiger partial charge is 0.301 e. The van der Waals surface area contributed by atoms with Gasteiger partial charge in [-0.05, 0) is 6.92 Å². The fourth-order valence-electron chi connectivity index (χ4n) is 0.744. The Labute approximate surface area is 70.7 Å². The highest BCUT2D eigenvalue weighted by Crippen LogP contribution is 2.10. The van der Waals surface area contributed by atoms with Crippen LogP contribution in [0, 0.1) is 19.3 Å². The first kappa shape index (κ1) is 8.25. The Bertz CT molecular complexity index is 259. The number of rotatable bonds is 3. The predicted octanol–water partition coefficient (Wildman–Crippen LogP) is 1.17. The van der Waals surface area contributed by atoms with E-state index in [1.807, 2.05) is 12.4 Å². The minimum absolute atomic E-state index is 0.622. The molecule has 0 aliphatic rings. The van der Waals surface area contributed by atoms with Crippen molar-refractivity contribution >= 4 is 11.3 Å². The van der Waals surface area contributed by atoms with Gasteiger partial charge < -0.3 is 5.32 Å². The second kappa shape index (κ2) is 4.12. The van der Waals surface area contributed by atoms with E-state index in [0.29, 0.717) is 6.54 Å². The summed E-state index contributed by atoms with van der Waals surface area (Å²) in [4.78, 5) is 5.39. The standard InChI is InChI=1S/C8H10N2S/c1-3-4-9-5-8-7(2)10-6-11-8/h1,6,9H,4-5H2,2H3. The SMILES string of the molecule is C#CCNCc1scnc1C. The van der Waals surface area contributed by atoms with Crippen molar-refractivity contribution in [2.75, 3.05) is 6.54 Å². The quantitative estimate of drug-likeness (QED) is 0.538. The van der Waals surface area contributed by atoms with E-state index in [1.165, 1.54) is 4.88 Å².